The number of halogens is 2. The lowest BCUT2D eigenvalue weighted by Crippen LogP contribution is -2.45. The maximum atomic E-state index is 6.22. The van der Waals surface area contributed by atoms with E-state index >= 15 is 0 Å². The highest BCUT2D eigenvalue weighted by atomic mass is 35.5. The zero-order chi connectivity index (χ0) is 18.9. The first-order chi connectivity index (χ1) is 12.3. The monoisotopic (exact) mass is 386 g/mol. The predicted octanol–water partition coefficient (Wildman–Crippen LogP) is 7.16. The van der Waals surface area contributed by atoms with Crippen molar-refractivity contribution in [2.45, 2.75) is 39.7 Å². The van der Waals surface area contributed by atoms with Crippen LogP contribution in [0.2, 0.25) is 10.0 Å². The van der Waals surface area contributed by atoms with Gasteiger partial charge in [-0.2, -0.15) is 0 Å². The van der Waals surface area contributed by atoms with Gasteiger partial charge in [-0.1, -0.05) is 48.3 Å². The van der Waals surface area contributed by atoms with Gasteiger partial charge >= 0.3 is 0 Å². The Balaban J connectivity index is 1.97. The molecule has 0 aliphatic carbocycles. The molecule has 2 aromatic carbocycles. The van der Waals surface area contributed by atoms with Crippen molar-refractivity contribution in [2.24, 2.45) is 4.99 Å². The molecule has 0 aromatic heterocycles. The molecule has 2 nitrogen and oxygen atoms in total. The maximum Gasteiger partial charge on any atom is 0.0848 e. The van der Waals surface area contributed by atoms with Crippen molar-refractivity contribution in [3.63, 3.8) is 0 Å². The summed E-state index contributed by atoms with van der Waals surface area (Å²) in [6.07, 6.45) is 5.31. The van der Waals surface area contributed by atoms with Gasteiger partial charge in [0.25, 0.3) is 0 Å². The van der Waals surface area contributed by atoms with Crippen LogP contribution in [0.15, 0.2) is 47.5 Å². The Kier molecular flexibility index (Phi) is 5.45. The van der Waals surface area contributed by atoms with E-state index < -0.39 is 0 Å². The first-order valence-corrected chi connectivity index (χ1v) is 9.68. The van der Waals surface area contributed by atoms with Gasteiger partial charge in [-0.3, -0.25) is 4.99 Å². The quantitative estimate of drug-likeness (QED) is 0.509. The van der Waals surface area contributed by atoms with Crippen LogP contribution in [0.3, 0.4) is 0 Å². The van der Waals surface area contributed by atoms with Crippen LogP contribution in [-0.4, -0.2) is 18.3 Å². The molecule has 0 N–H and O–H groups in total. The molecule has 0 atom stereocenters. The number of benzene rings is 2. The largest absolute Gasteiger partial charge is 0.362 e. The smallest absolute Gasteiger partial charge is 0.0848 e. The van der Waals surface area contributed by atoms with Gasteiger partial charge < -0.3 is 4.90 Å². The number of anilines is 1. The lowest BCUT2D eigenvalue weighted by atomic mass is 9.88. The summed E-state index contributed by atoms with van der Waals surface area (Å²) in [5.74, 6) is 0. The topological polar surface area (TPSA) is 15.6 Å². The lowest BCUT2D eigenvalue weighted by molar-refractivity contribution is 0.550. The molecule has 0 fully saturated rings. The number of aliphatic imine (C=N–C) groups is 1. The second-order valence-electron chi connectivity index (χ2n) is 7.24. The number of fused-ring (bicyclic) bond motifs is 1. The highest BCUT2D eigenvalue weighted by Crippen LogP contribution is 2.39. The van der Waals surface area contributed by atoms with E-state index in [9.17, 15) is 0 Å². The van der Waals surface area contributed by atoms with Crippen molar-refractivity contribution < 1.29 is 0 Å². The van der Waals surface area contributed by atoms with Crippen molar-refractivity contribution in [2.75, 3.05) is 11.4 Å². The molecule has 0 saturated carbocycles. The van der Waals surface area contributed by atoms with E-state index in [0.29, 0.717) is 15.7 Å². The van der Waals surface area contributed by atoms with Gasteiger partial charge in [-0.05, 0) is 62.6 Å². The van der Waals surface area contributed by atoms with Crippen molar-refractivity contribution in [1.29, 1.82) is 0 Å². The number of hydrogen-bond donors (Lipinski definition) is 0. The Bertz CT molecular complexity index is 882. The van der Waals surface area contributed by atoms with E-state index in [1.807, 2.05) is 18.3 Å². The van der Waals surface area contributed by atoms with E-state index in [-0.39, 0.29) is 5.54 Å². The Labute approximate surface area is 166 Å². The third-order valence-corrected chi connectivity index (χ3v) is 5.54. The highest BCUT2D eigenvalue weighted by molar-refractivity contribution is 6.43. The van der Waals surface area contributed by atoms with Gasteiger partial charge in [-0.15, -0.1) is 0 Å². The molecule has 2 aromatic rings. The van der Waals surface area contributed by atoms with Gasteiger partial charge in [0.15, 0.2) is 0 Å². The average molecular weight is 387 g/mol. The highest BCUT2D eigenvalue weighted by Gasteiger charge is 2.30. The maximum absolute atomic E-state index is 6.22. The van der Waals surface area contributed by atoms with E-state index in [1.54, 1.807) is 6.07 Å². The molecule has 136 valence electrons. The van der Waals surface area contributed by atoms with E-state index in [0.717, 1.165) is 18.5 Å². The van der Waals surface area contributed by atoms with Crippen molar-refractivity contribution in [3.05, 3.63) is 63.6 Å². The lowest BCUT2D eigenvalue weighted by Gasteiger charge is -2.43. The van der Waals surface area contributed by atoms with E-state index in [2.05, 4.69) is 61.9 Å². The third-order valence-electron chi connectivity index (χ3n) is 4.73. The molecule has 0 unspecified atom stereocenters. The van der Waals surface area contributed by atoms with Gasteiger partial charge in [0, 0.05) is 24.0 Å². The molecule has 0 bridgehead atoms. The molecule has 1 heterocycles. The van der Waals surface area contributed by atoms with Crippen LogP contribution in [0.5, 0.6) is 0 Å². The van der Waals surface area contributed by atoms with Gasteiger partial charge in [0.05, 0.1) is 21.3 Å². The summed E-state index contributed by atoms with van der Waals surface area (Å²) in [5.41, 5.74) is 5.60. The average Bonchev–Trinajstić information content (AvgIpc) is 2.59. The van der Waals surface area contributed by atoms with Crippen LogP contribution in [0.4, 0.5) is 11.4 Å². The SMILES string of the molecule is CCCN1c2ccc(C=Nc3cccc(Cl)c3Cl)cc2C(C)=CC1(C)C. The summed E-state index contributed by atoms with van der Waals surface area (Å²) in [7, 11) is 0. The summed E-state index contributed by atoms with van der Waals surface area (Å²) < 4.78 is 0. The Morgan fingerprint density at radius 1 is 1.15 bits per heavy atom. The van der Waals surface area contributed by atoms with Crippen LogP contribution in [0.25, 0.3) is 5.57 Å². The molecule has 3 rings (SSSR count). The number of allylic oxidation sites excluding steroid dienone is 1. The number of hydrogen-bond acceptors (Lipinski definition) is 2. The van der Waals surface area contributed by atoms with Crippen molar-refractivity contribution in [1.82, 2.24) is 0 Å². The molecular weight excluding hydrogens is 363 g/mol. The van der Waals surface area contributed by atoms with Crippen LogP contribution < -0.4 is 4.90 Å². The first kappa shape index (κ1) is 19.0. The molecule has 1 aliphatic rings. The first-order valence-electron chi connectivity index (χ1n) is 8.93. The predicted molar refractivity (Wildman–Crippen MR) is 116 cm³/mol. The molecule has 0 saturated heterocycles. The second-order valence-corrected chi connectivity index (χ2v) is 8.03. The van der Waals surface area contributed by atoms with Crippen LogP contribution in [0, 0.1) is 0 Å². The normalized spacial score (nSPS) is 15.9. The number of rotatable bonds is 4. The zero-order valence-corrected chi connectivity index (χ0v) is 17.2. The molecule has 0 radical (unpaired) electrons. The standard InChI is InChI=1S/C22H24Cl2N2/c1-5-11-26-20-10-9-16(12-17(20)15(2)13-22(26,3)4)14-25-19-8-6-7-18(23)21(19)24/h6-10,12-14H,5,11H2,1-4H3. The molecule has 1 aliphatic heterocycles. The fraction of sp³-hybridized carbons (Fsp3) is 0.318. The molecule has 4 heteroatoms. The van der Waals surface area contributed by atoms with Crippen LogP contribution >= 0.6 is 23.2 Å². The fourth-order valence-electron chi connectivity index (χ4n) is 3.55. The fourth-order valence-corrected chi connectivity index (χ4v) is 3.89. The zero-order valence-electron chi connectivity index (χ0n) is 15.7. The minimum Gasteiger partial charge on any atom is -0.362 e. The van der Waals surface area contributed by atoms with Crippen LogP contribution in [0.1, 0.15) is 45.2 Å². The number of nitrogens with zero attached hydrogens (tertiary/aromatic N) is 2. The van der Waals surface area contributed by atoms with Crippen LogP contribution in [-0.2, 0) is 0 Å². The molecule has 0 spiro atoms. The van der Waals surface area contributed by atoms with E-state index in [4.69, 9.17) is 23.2 Å². The molecular formula is C22H24Cl2N2. The summed E-state index contributed by atoms with van der Waals surface area (Å²) in [6, 6.07) is 12.0. The molecule has 0 amide bonds. The van der Waals surface area contributed by atoms with Gasteiger partial charge in [0.2, 0.25) is 0 Å². The summed E-state index contributed by atoms with van der Waals surface area (Å²) in [5, 5.41) is 0.998. The minimum absolute atomic E-state index is 0.0248. The van der Waals surface area contributed by atoms with Crippen molar-refractivity contribution >= 4 is 46.4 Å². The Morgan fingerprint density at radius 2 is 1.92 bits per heavy atom. The third kappa shape index (κ3) is 3.67. The van der Waals surface area contributed by atoms with Gasteiger partial charge in [0.1, 0.15) is 0 Å². The Morgan fingerprint density at radius 3 is 2.65 bits per heavy atom. The van der Waals surface area contributed by atoms with Gasteiger partial charge in [-0.25, -0.2) is 0 Å². The minimum atomic E-state index is 0.0248. The summed E-state index contributed by atoms with van der Waals surface area (Å²) in [6.45, 7) is 9.97. The molecule has 26 heavy (non-hydrogen) atoms. The second kappa shape index (κ2) is 7.46. The summed E-state index contributed by atoms with van der Waals surface area (Å²) >= 11 is 12.3. The summed E-state index contributed by atoms with van der Waals surface area (Å²) in [4.78, 5) is 7.00. The van der Waals surface area contributed by atoms with E-state index in [1.165, 1.54) is 16.8 Å². The Hall–Kier alpha value is -1.77. The van der Waals surface area contributed by atoms with Crippen molar-refractivity contribution in [3.8, 4) is 0 Å².